The Hall–Kier alpha value is -1.30. The zero-order valence-corrected chi connectivity index (χ0v) is 8.97. The third kappa shape index (κ3) is 2.82. The van der Waals surface area contributed by atoms with Gasteiger partial charge in [-0.05, 0) is 6.92 Å². The smallest absolute Gasteiger partial charge is 0.409 e. The molecule has 1 heterocycles. The Morgan fingerprint density at radius 3 is 2.07 bits per heavy atom. The molecule has 1 aliphatic heterocycles. The fourth-order valence-electron chi connectivity index (χ4n) is 1.50. The van der Waals surface area contributed by atoms with Gasteiger partial charge in [0.15, 0.2) is 0 Å². The molecule has 1 N–H and O–H groups in total. The van der Waals surface area contributed by atoms with Gasteiger partial charge in [-0.15, -0.1) is 0 Å². The Balaban J connectivity index is 2.42. The molecule has 0 aromatic rings. The van der Waals surface area contributed by atoms with Crippen molar-refractivity contribution >= 4 is 12.0 Å². The topological polar surface area (TPSA) is 70.1 Å². The van der Waals surface area contributed by atoms with Crippen LogP contribution in [0.3, 0.4) is 0 Å². The molecular formula is C9H16N2O4. The lowest BCUT2D eigenvalue weighted by Crippen LogP contribution is -2.52. The van der Waals surface area contributed by atoms with E-state index in [4.69, 9.17) is 5.11 Å². The van der Waals surface area contributed by atoms with Crippen molar-refractivity contribution in [2.45, 2.75) is 13.0 Å². The van der Waals surface area contributed by atoms with Crippen LogP contribution in [0.2, 0.25) is 0 Å². The predicted octanol–water partition coefficient (Wildman–Crippen LogP) is -0.722. The fraction of sp³-hybridized carbons (Fsp3) is 0.778. The van der Waals surface area contributed by atoms with Crippen LogP contribution >= 0.6 is 0 Å². The predicted molar refractivity (Wildman–Crippen MR) is 52.2 cm³/mol. The molecule has 0 aliphatic carbocycles. The van der Waals surface area contributed by atoms with Crippen molar-refractivity contribution in [3.05, 3.63) is 0 Å². The van der Waals surface area contributed by atoms with E-state index in [9.17, 15) is 9.59 Å². The van der Waals surface area contributed by atoms with E-state index in [1.807, 2.05) is 0 Å². The van der Waals surface area contributed by atoms with Gasteiger partial charge < -0.3 is 19.6 Å². The van der Waals surface area contributed by atoms with E-state index in [1.165, 1.54) is 18.9 Å². The molecule has 0 saturated carbocycles. The summed E-state index contributed by atoms with van der Waals surface area (Å²) >= 11 is 0. The number of hydrogen-bond acceptors (Lipinski definition) is 4. The summed E-state index contributed by atoms with van der Waals surface area (Å²) in [5.41, 5.74) is 0. The molecule has 0 spiro atoms. The van der Waals surface area contributed by atoms with Gasteiger partial charge in [0.05, 0.1) is 7.11 Å². The molecule has 1 unspecified atom stereocenters. The molecule has 0 aromatic carbocycles. The second-order valence-electron chi connectivity index (χ2n) is 3.46. The molecule has 6 nitrogen and oxygen atoms in total. The molecule has 6 heteroatoms. The third-order valence-corrected chi connectivity index (χ3v) is 2.38. The lowest BCUT2D eigenvalue weighted by molar-refractivity contribution is -0.140. The number of carbonyl (C=O) groups excluding carboxylic acids is 2. The lowest BCUT2D eigenvalue weighted by Gasteiger charge is -2.34. The van der Waals surface area contributed by atoms with Crippen LogP contribution in [0.15, 0.2) is 0 Å². The Labute approximate surface area is 88.4 Å². The maximum absolute atomic E-state index is 11.4. The molecular weight excluding hydrogens is 200 g/mol. The van der Waals surface area contributed by atoms with E-state index < -0.39 is 6.10 Å². The quantitative estimate of drug-likeness (QED) is 0.628. The third-order valence-electron chi connectivity index (χ3n) is 2.38. The molecule has 1 aliphatic rings. The second kappa shape index (κ2) is 4.97. The molecule has 1 atom stereocenters. The van der Waals surface area contributed by atoms with Gasteiger partial charge in [0.25, 0.3) is 5.91 Å². The largest absolute Gasteiger partial charge is 0.453 e. The molecule has 1 fully saturated rings. The monoisotopic (exact) mass is 216 g/mol. The van der Waals surface area contributed by atoms with Gasteiger partial charge in [-0.3, -0.25) is 4.79 Å². The van der Waals surface area contributed by atoms with Crippen LogP contribution in [0.5, 0.6) is 0 Å². The van der Waals surface area contributed by atoms with Gasteiger partial charge in [0.1, 0.15) is 6.10 Å². The first-order chi connectivity index (χ1) is 7.06. The van der Waals surface area contributed by atoms with Crippen molar-refractivity contribution in [2.24, 2.45) is 0 Å². The highest BCUT2D eigenvalue weighted by Gasteiger charge is 2.26. The van der Waals surface area contributed by atoms with Crippen LogP contribution in [0.1, 0.15) is 6.92 Å². The summed E-state index contributed by atoms with van der Waals surface area (Å²) in [6.07, 6.45) is -1.35. The van der Waals surface area contributed by atoms with Crippen molar-refractivity contribution < 1.29 is 19.4 Å². The van der Waals surface area contributed by atoms with Crippen LogP contribution in [0.25, 0.3) is 0 Å². The minimum Gasteiger partial charge on any atom is -0.453 e. The van der Waals surface area contributed by atoms with Gasteiger partial charge in [-0.1, -0.05) is 0 Å². The van der Waals surface area contributed by atoms with Gasteiger partial charge in [-0.2, -0.15) is 0 Å². The summed E-state index contributed by atoms with van der Waals surface area (Å²) in [6.45, 7) is 3.23. The zero-order chi connectivity index (χ0) is 11.4. The number of piperazine rings is 1. The number of amides is 2. The Morgan fingerprint density at radius 1 is 1.20 bits per heavy atom. The molecule has 0 radical (unpaired) electrons. The minimum atomic E-state index is -0.977. The summed E-state index contributed by atoms with van der Waals surface area (Å²) < 4.78 is 4.57. The van der Waals surface area contributed by atoms with E-state index >= 15 is 0 Å². The van der Waals surface area contributed by atoms with E-state index in [0.29, 0.717) is 26.2 Å². The minimum absolute atomic E-state index is 0.292. The molecule has 0 bridgehead atoms. The summed E-state index contributed by atoms with van der Waals surface area (Å²) in [5.74, 6) is -0.292. The number of hydrogen-bond donors (Lipinski definition) is 1. The normalized spacial score (nSPS) is 18.6. The lowest BCUT2D eigenvalue weighted by atomic mass is 10.3. The first-order valence-electron chi connectivity index (χ1n) is 4.86. The van der Waals surface area contributed by atoms with Crippen molar-refractivity contribution in [2.75, 3.05) is 33.3 Å². The number of rotatable bonds is 1. The highest BCUT2D eigenvalue weighted by molar-refractivity contribution is 5.80. The standard InChI is InChI=1S/C9H16N2O4/c1-7(12)8(13)10-3-5-11(6-4-10)9(14)15-2/h7,12H,3-6H2,1-2H3. The van der Waals surface area contributed by atoms with Crippen LogP contribution in [0, 0.1) is 0 Å². The van der Waals surface area contributed by atoms with E-state index in [-0.39, 0.29) is 12.0 Å². The number of ether oxygens (including phenoxy) is 1. The molecule has 0 aromatic heterocycles. The fourth-order valence-corrected chi connectivity index (χ4v) is 1.50. The van der Waals surface area contributed by atoms with Crippen molar-refractivity contribution in [3.8, 4) is 0 Å². The van der Waals surface area contributed by atoms with E-state index in [1.54, 1.807) is 4.90 Å². The van der Waals surface area contributed by atoms with Gasteiger partial charge in [0, 0.05) is 26.2 Å². The summed E-state index contributed by atoms with van der Waals surface area (Å²) in [6, 6.07) is 0. The van der Waals surface area contributed by atoms with Crippen LogP contribution in [0.4, 0.5) is 4.79 Å². The average Bonchev–Trinajstić information content (AvgIpc) is 2.27. The van der Waals surface area contributed by atoms with Gasteiger partial charge in [0.2, 0.25) is 0 Å². The highest BCUT2D eigenvalue weighted by atomic mass is 16.5. The van der Waals surface area contributed by atoms with Crippen molar-refractivity contribution in [1.29, 1.82) is 0 Å². The molecule has 86 valence electrons. The summed E-state index contributed by atoms with van der Waals surface area (Å²) in [7, 11) is 1.33. The van der Waals surface area contributed by atoms with E-state index in [2.05, 4.69) is 4.74 Å². The number of carbonyl (C=O) groups is 2. The van der Waals surface area contributed by atoms with Crippen molar-refractivity contribution in [3.63, 3.8) is 0 Å². The van der Waals surface area contributed by atoms with Crippen LogP contribution in [-0.4, -0.2) is 66.3 Å². The van der Waals surface area contributed by atoms with E-state index in [0.717, 1.165) is 0 Å². The molecule has 1 saturated heterocycles. The Bertz CT molecular complexity index is 246. The number of aliphatic hydroxyl groups excluding tert-OH is 1. The molecule has 1 rings (SSSR count). The highest BCUT2D eigenvalue weighted by Crippen LogP contribution is 2.05. The average molecular weight is 216 g/mol. The number of methoxy groups -OCH3 is 1. The SMILES string of the molecule is COC(=O)N1CCN(C(=O)C(C)O)CC1. The second-order valence-corrected chi connectivity index (χ2v) is 3.46. The van der Waals surface area contributed by atoms with Gasteiger partial charge >= 0.3 is 6.09 Å². The summed E-state index contributed by atoms with van der Waals surface area (Å²) in [5, 5.41) is 9.10. The first-order valence-corrected chi connectivity index (χ1v) is 4.86. The first kappa shape index (κ1) is 11.8. The number of nitrogens with zero attached hydrogens (tertiary/aromatic N) is 2. The Kier molecular flexibility index (Phi) is 3.90. The Morgan fingerprint density at radius 2 is 1.67 bits per heavy atom. The van der Waals surface area contributed by atoms with Crippen LogP contribution < -0.4 is 0 Å². The number of aliphatic hydroxyl groups is 1. The molecule has 15 heavy (non-hydrogen) atoms. The maximum Gasteiger partial charge on any atom is 0.409 e. The molecule has 2 amide bonds. The maximum atomic E-state index is 11.4. The van der Waals surface area contributed by atoms with Gasteiger partial charge in [-0.25, -0.2) is 4.79 Å². The van der Waals surface area contributed by atoms with Crippen molar-refractivity contribution in [1.82, 2.24) is 9.80 Å². The van der Waals surface area contributed by atoms with Crippen LogP contribution in [-0.2, 0) is 9.53 Å². The summed E-state index contributed by atoms with van der Waals surface area (Å²) in [4.78, 5) is 25.6. The zero-order valence-electron chi connectivity index (χ0n) is 8.97.